The van der Waals surface area contributed by atoms with Crippen molar-refractivity contribution in [3.8, 4) is 0 Å². The summed E-state index contributed by atoms with van der Waals surface area (Å²) in [6.45, 7) is 8.12. The van der Waals surface area contributed by atoms with Crippen molar-refractivity contribution < 1.29 is 9.53 Å². The van der Waals surface area contributed by atoms with Gasteiger partial charge in [-0.2, -0.15) is 0 Å². The molecule has 3 rings (SSSR count). The largest absolute Gasteiger partial charge is 0.388 e. The lowest BCUT2D eigenvalue weighted by Crippen LogP contribution is -2.11. The van der Waals surface area contributed by atoms with Crippen LogP contribution >= 0.6 is 0 Å². The van der Waals surface area contributed by atoms with Crippen LogP contribution in [0.1, 0.15) is 40.9 Å². The Hall–Kier alpha value is -2.39. The fourth-order valence-electron chi connectivity index (χ4n) is 2.46. The van der Waals surface area contributed by atoms with Crippen LogP contribution < -0.4 is 5.32 Å². The van der Waals surface area contributed by atoms with Gasteiger partial charge in [-0.1, -0.05) is 62.9 Å². The second kappa shape index (κ2) is 10.4. The number of amides is 1. The van der Waals surface area contributed by atoms with Gasteiger partial charge >= 0.3 is 0 Å². The van der Waals surface area contributed by atoms with Crippen molar-refractivity contribution in [3.05, 3.63) is 77.4 Å². The van der Waals surface area contributed by atoms with E-state index in [1.807, 2.05) is 18.2 Å². The number of rotatable bonds is 2. The Morgan fingerprint density at radius 3 is 1.71 bits per heavy atom. The maximum atomic E-state index is 11.1. The highest BCUT2D eigenvalue weighted by Gasteiger charge is 2.20. The Morgan fingerprint density at radius 2 is 1.29 bits per heavy atom. The van der Waals surface area contributed by atoms with Crippen molar-refractivity contribution in [3.63, 3.8) is 0 Å². The number of nitrogens with one attached hydrogen (secondary N) is 1. The molecule has 3 heteroatoms. The Bertz CT molecular complexity index is 621. The zero-order valence-electron chi connectivity index (χ0n) is 15.1. The fraction of sp³-hybridized carbons (Fsp3) is 0.286. The van der Waals surface area contributed by atoms with E-state index in [1.54, 1.807) is 20.3 Å². The van der Waals surface area contributed by atoms with E-state index < -0.39 is 0 Å². The summed E-state index contributed by atoms with van der Waals surface area (Å²) in [5.41, 5.74) is 5.32. The number of carbonyl (C=O) groups is 1. The van der Waals surface area contributed by atoms with Gasteiger partial charge in [-0.05, 0) is 30.0 Å². The maximum Gasteiger partial charge on any atom is 0.256 e. The molecule has 1 heterocycles. The Kier molecular flexibility index (Phi) is 8.52. The molecular weight excluding hydrogens is 298 g/mol. The number of methoxy groups -OCH3 is 1. The molecular formula is C21H27NO2. The van der Waals surface area contributed by atoms with Gasteiger partial charge in [0, 0.05) is 31.0 Å². The molecule has 0 saturated heterocycles. The average Bonchev–Trinajstić information content (AvgIpc) is 2.91. The van der Waals surface area contributed by atoms with E-state index >= 15 is 0 Å². The number of fused-ring (bicyclic) bond motifs is 1. The molecule has 0 bridgehead atoms. The predicted octanol–water partition coefficient (Wildman–Crippen LogP) is 4.47. The topological polar surface area (TPSA) is 38.3 Å². The number of carbonyl (C=O) groups excluding carboxylic acids is 1. The lowest BCUT2D eigenvalue weighted by Gasteiger charge is -2.02. The maximum absolute atomic E-state index is 11.1. The van der Waals surface area contributed by atoms with E-state index in [2.05, 4.69) is 54.7 Å². The SMILES string of the molecule is C=C1NC(=O)c2ccccc21.CCc1ccccc1CC.COC. The zero-order chi connectivity index (χ0) is 17.9. The number of hydrogen-bond acceptors (Lipinski definition) is 2. The van der Waals surface area contributed by atoms with E-state index in [1.165, 1.54) is 11.1 Å². The van der Waals surface area contributed by atoms with Crippen molar-refractivity contribution >= 4 is 11.6 Å². The van der Waals surface area contributed by atoms with Gasteiger partial charge < -0.3 is 10.1 Å². The minimum atomic E-state index is -0.0504. The summed E-state index contributed by atoms with van der Waals surface area (Å²) in [5.74, 6) is -0.0504. The first-order valence-corrected chi connectivity index (χ1v) is 8.15. The summed E-state index contributed by atoms with van der Waals surface area (Å²) < 4.78 is 4.25. The van der Waals surface area contributed by atoms with Gasteiger partial charge in [0.1, 0.15) is 0 Å². The second-order valence-electron chi connectivity index (χ2n) is 5.36. The van der Waals surface area contributed by atoms with Crippen LogP contribution in [0, 0.1) is 0 Å². The summed E-state index contributed by atoms with van der Waals surface area (Å²) in [4.78, 5) is 11.1. The van der Waals surface area contributed by atoms with Crippen LogP contribution in [0.2, 0.25) is 0 Å². The molecule has 0 aromatic heterocycles. The minimum Gasteiger partial charge on any atom is -0.388 e. The van der Waals surface area contributed by atoms with E-state index in [0.29, 0.717) is 5.70 Å². The van der Waals surface area contributed by atoms with Gasteiger partial charge in [0.15, 0.2) is 0 Å². The van der Waals surface area contributed by atoms with Crippen molar-refractivity contribution in [2.45, 2.75) is 26.7 Å². The van der Waals surface area contributed by atoms with Crippen LogP contribution in [0.4, 0.5) is 0 Å². The minimum absolute atomic E-state index is 0.0504. The molecule has 24 heavy (non-hydrogen) atoms. The first kappa shape index (κ1) is 19.7. The number of aryl methyl sites for hydroxylation is 2. The molecule has 0 saturated carbocycles. The molecule has 1 aliphatic heterocycles. The summed E-state index contributed by atoms with van der Waals surface area (Å²) in [6, 6.07) is 16.0. The quantitative estimate of drug-likeness (QED) is 0.884. The highest BCUT2D eigenvalue weighted by molar-refractivity contribution is 6.08. The lowest BCUT2D eigenvalue weighted by atomic mass is 10.0. The first-order chi connectivity index (χ1) is 11.6. The standard InChI is InChI=1S/C10H14.C9H7NO.C2H6O/c1-3-9-7-5-6-8-10(9)4-2;1-6-7-4-2-3-5-8(7)9(11)10-6;1-3-2/h5-8H,3-4H2,1-2H3;2-5H,1H2,(H,10,11);1-2H3. The normalized spacial score (nSPS) is 11.5. The van der Waals surface area contributed by atoms with Crippen molar-refractivity contribution in [1.29, 1.82) is 0 Å². The van der Waals surface area contributed by atoms with E-state index in [9.17, 15) is 4.79 Å². The fourth-order valence-corrected chi connectivity index (χ4v) is 2.46. The number of hydrogen-bond donors (Lipinski definition) is 1. The molecule has 0 spiro atoms. The molecule has 3 nitrogen and oxygen atoms in total. The third-order valence-electron chi connectivity index (χ3n) is 3.64. The number of ether oxygens (including phenoxy) is 1. The molecule has 2 aromatic rings. The highest BCUT2D eigenvalue weighted by atomic mass is 16.4. The van der Waals surface area contributed by atoms with Crippen LogP contribution in [-0.4, -0.2) is 20.1 Å². The van der Waals surface area contributed by atoms with Gasteiger partial charge in [0.25, 0.3) is 5.91 Å². The van der Waals surface area contributed by atoms with Crippen LogP contribution in [0.25, 0.3) is 5.70 Å². The summed E-state index contributed by atoms with van der Waals surface area (Å²) in [5, 5.41) is 2.65. The molecule has 1 N–H and O–H groups in total. The molecule has 0 fully saturated rings. The van der Waals surface area contributed by atoms with Crippen molar-refractivity contribution in [1.82, 2.24) is 5.32 Å². The third kappa shape index (κ3) is 5.36. The average molecular weight is 325 g/mol. The Labute approximate surface area is 145 Å². The Balaban J connectivity index is 0.000000208. The molecule has 0 unspecified atom stereocenters. The van der Waals surface area contributed by atoms with Gasteiger partial charge in [0.2, 0.25) is 0 Å². The number of benzene rings is 2. The van der Waals surface area contributed by atoms with Crippen molar-refractivity contribution in [2.75, 3.05) is 14.2 Å². The van der Waals surface area contributed by atoms with Crippen LogP contribution in [0.5, 0.6) is 0 Å². The van der Waals surface area contributed by atoms with E-state index in [-0.39, 0.29) is 5.91 Å². The van der Waals surface area contributed by atoms with E-state index in [4.69, 9.17) is 0 Å². The summed E-state index contributed by atoms with van der Waals surface area (Å²) in [7, 11) is 3.25. The monoisotopic (exact) mass is 325 g/mol. The zero-order valence-corrected chi connectivity index (χ0v) is 15.1. The second-order valence-corrected chi connectivity index (χ2v) is 5.36. The molecule has 0 atom stereocenters. The molecule has 2 aromatic carbocycles. The van der Waals surface area contributed by atoms with Gasteiger partial charge in [-0.25, -0.2) is 0 Å². The van der Waals surface area contributed by atoms with Gasteiger partial charge in [0.05, 0.1) is 0 Å². The molecule has 1 amide bonds. The van der Waals surface area contributed by atoms with Gasteiger partial charge in [-0.15, -0.1) is 0 Å². The van der Waals surface area contributed by atoms with E-state index in [0.717, 1.165) is 24.0 Å². The molecule has 1 aliphatic rings. The molecule has 0 aliphatic carbocycles. The molecule has 0 radical (unpaired) electrons. The first-order valence-electron chi connectivity index (χ1n) is 8.15. The smallest absolute Gasteiger partial charge is 0.256 e. The van der Waals surface area contributed by atoms with Gasteiger partial charge in [-0.3, -0.25) is 4.79 Å². The summed E-state index contributed by atoms with van der Waals surface area (Å²) >= 11 is 0. The third-order valence-corrected chi connectivity index (χ3v) is 3.64. The van der Waals surface area contributed by atoms with Crippen LogP contribution in [-0.2, 0) is 17.6 Å². The summed E-state index contributed by atoms with van der Waals surface area (Å²) in [6.07, 6.45) is 2.31. The highest BCUT2D eigenvalue weighted by Crippen LogP contribution is 2.21. The van der Waals surface area contributed by atoms with Crippen LogP contribution in [0.15, 0.2) is 55.1 Å². The molecule has 128 valence electrons. The lowest BCUT2D eigenvalue weighted by molar-refractivity contribution is 0.0981. The van der Waals surface area contributed by atoms with Crippen LogP contribution in [0.3, 0.4) is 0 Å². The van der Waals surface area contributed by atoms with Crippen molar-refractivity contribution in [2.24, 2.45) is 0 Å². The Morgan fingerprint density at radius 1 is 0.875 bits per heavy atom. The predicted molar refractivity (Wildman–Crippen MR) is 101 cm³/mol.